The van der Waals surface area contributed by atoms with Crippen molar-refractivity contribution in [2.24, 2.45) is 0 Å². The second kappa shape index (κ2) is 8.15. The number of amides is 1. The number of rotatable bonds is 6. The van der Waals surface area contributed by atoms with E-state index in [-0.39, 0.29) is 5.91 Å². The first-order chi connectivity index (χ1) is 13.6. The molecule has 0 aliphatic carbocycles. The van der Waals surface area contributed by atoms with Crippen LogP contribution in [0.5, 0.6) is 0 Å². The largest absolute Gasteiger partial charge is 0.340 e. The number of carbonyl (C=O) groups excluding carboxylic acids is 1. The number of aryl methyl sites for hydroxylation is 1. The van der Waals surface area contributed by atoms with Crippen molar-refractivity contribution in [3.05, 3.63) is 71.2 Å². The number of likely N-dealkylation sites (tertiary alicyclic amines) is 1. The van der Waals surface area contributed by atoms with Crippen molar-refractivity contribution < 1.29 is 4.79 Å². The molecule has 2 aromatic heterocycles. The lowest BCUT2D eigenvalue weighted by Crippen LogP contribution is -2.31. The Balaban J connectivity index is 1.60. The van der Waals surface area contributed by atoms with Crippen LogP contribution in [0.25, 0.3) is 5.65 Å². The first kappa shape index (κ1) is 18.7. The van der Waals surface area contributed by atoms with E-state index in [1.807, 2.05) is 37.5 Å². The second-order valence-electron chi connectivity index (χ2n) is 7.74. The molecule has 1 amide bonds. The summed E-state index contributed by atoms with van der Waals surface area (Å²) >= 11 is 0. The molecule has 1 aromatic carbocycles. The van der Waals surface area contributed by atoms with Crippen molar-refractivity contribution in [3.8, 4) is 0 Å². The van der Waals surface area contributed by atoms with Crippen LogP contribution in [0.15, 0.2) is 48.7 Å². The first-order valence-electron chi connectivity index (χ1n) is 10.1. The van der Waals surface area contributed by atoms with Crippen LogP contribution in [-0.2, 0) is 13.0 Å². The van der Waals surface area contributed by atoms with Crippen LogP contribution in [0.3, 0.4) is 0 Å². The fourth-order valence-corrected chi connectivity index (χ4v) is 3.95. The van der Waals surface area contributed by atoms with Gasteiger partial charge in [0.15, 0.2) is 5.69 Å². The summed E-state index contributed by atoms with van der Waals surface area (Å²) in [5, 5.41) is 0. The van der Waals surface area contributed by atoms with E-state index >= 15 is 0 Å². The predicted octanol–water partition coefficient (Wildman–Crippen LogP) is 3.55. The molecule has 0 spiro atoms. The maximum atomic E-state index is 13.3. The summed E-state index contributed by atoms with van der Waals surface area (Å²) in [6, 6.07) is 14.4. The molecule has 1 aliphatic heterocycles. The molecule has 4 rings (SSSR count). The van der Waals surface area contributed by atoms with Gasteiger partial charge in [-0.15, -0.1) is 0 Å². The normalized spacial score (nSPS) is 14.6. The number of fused-ring (bicyclic) bond motifs is 1. The summed E-state index contributed by atoms with van der Waals surface area (Å²) in [4.78, 5) is 22.3. The number of aromatic nitrogens is 2. The Labute approximate surface area is 166 Å². The van der Waals surface area contributed by atoms with Gasteiger partial charge in [-0.05, 0) is 56.5 Å². The minimum atomic E-state index is 0.00762. The SMILES string of the molecule is Cc1cccn2c(CN3CCCC3)c(C(=O)N(C)CCc3ccccc3)nc12. The highest BCUT2D eigenvalue weighted by Crippen LogP contribution is 2.21. The fourth-order valence-electron chi connectivity index (χ4n) is 3.95. The van der Waals surface area contributed by atoms with Crippen LogP contribution >= 0.6 is 0 Å². The fraction of sp³-hybridized carbons (Fsp3) is 0.391. The molecule has 0 bridgehead atoms. The third kappa shape index (κ3) is 3.80. The third-order valence-corrected chi connectivity index (χ3v) is 5.64. The number of likely N-dealkylation sites (N-methyl/N-ethyl adjacent to an activating group) is 1. The lowest BCUT2D eigenvalue weighted by Gasteiger charge is -2.19. The maximum absolute atomic E-state index is 13.3. The molecular weight excluding hydrogens is 348 g/mol. The van der Waals surface area contributed by atoms with Gasteiger partial charge in [0.1, 0.15) is 5.65 Å². The predicted molar refractivity (Wildman–Crippen MR) is 112 cm³/mol. The quantitative estimate of drug-likeness (QED) is 0.661. The van der Waals surface area contributed by atoms with Crippen molar-refractivity contribution in [2.45, 2.75) is 32.7 Å². The molecule has 0 radical (unpaired) electrons. The van der Waals surface area contributed by atoms with E-state index in [1.54, 1.807) is 4.90 Å². The van der Waals surface area contributed by atoms with Gasteiger partial charge in [-0.3, -0.25) is 9.69 Å². The summed E-state index contributed by atoms with van der Waals surface area (Å²) in [7, 11) is 1.88. The molecule has 0 atom stereocenters. The summed E-state index contributed by atoms with van der Waals surface area (Å²) in [5.74, 6) is 0.00762. The van der Waals surface area contributed by atoms with E-state index < -0.39 is 0 Å². The summed E-state index contributed by atoms with van der Waals surface area (Å²) in [5.41, 5.74) is 4.83. The zero-order valence-electron chi connectivity index (χ0n) is 16.8. The van der Waals surface area contributed by atoms with E-state index in [1.165, 1.54) is 18.4 Å². The van der Waals surface area contributed by atoms with Gasteiger partial charge in [0, 0.05) is 26.3 Å². The molecule has 28 heavy (non-hydrogen) atoms. The van der Waals surface area contributed by atoms with Gasteiger partial charge in [0.25, 0.3) is 5.91 Å². The van der Waals surface area contributed by atoms with Gasteiger partial charge < -0.3 is 9.30 Å². The van der Waals surface area contributed by atoms with E-state index in [0.717, 1.165) is 43.0 Å². The number of imidazole rings is 1. The Morgan fingerprint density at radius 1 is 1.11 bits per heavy atom. The highest BCUT2D eigenvalue weighted by Gasteiger charge is 2.25. The van der Waals surface area contributed by atoms with Gasteiger partial charge in [0.05, 0.1) is 5.69 Å². The van der Waals surface area contributed by atoms with E-state index in [0.29, 0.717) is 12.2 Å². The average Bonchev–Trinajstić information content (AvgIpc) is 3.36. The molecule has 0 saturated carbocycles. The van der Waals surface area contributed by atoms with E-state index in [4.69, 9.17) is 4.98 Å². The van der Waals surface area contributed by atoms with Gasteiger partial charge in [-0.2, -0.15) is 0 Å². The number of nitrogens with zero attached hydrogens (tertiary/aromatic N) is 4. The zero-order chi connectivity index (χ0) is 19.5. The zero-order valence-corrected chi connectivity index (χ0v) is 16.8. The smallest absolute Gasteiger partial charge is 0.274 e. The molecule has 5 heteroatoms. The topological polar surface area (TPSA) is 40.9 Å². The average molecular weight is 377 g/mol. The first-order valence-corrected chi connectivity index (χ1v) is 10.1. The number of pyridine rings is 1. The van der Waals surface area contributed by atoms with Crippen LogP contribution < -0.4 is 0 Å². The van der Waals surface area contributed by atoms with Crippen molar-refractivity contribution >= 4 is 11.6 Å². The van der Waals surface area contributed by atoms with Crippen LogP contribution in [0.4, 0.5) is 0 Å². The van der Waals surface area contributed by atoms with Crippen molar-refractivity contribution in [1.82, 2.24) is 19.2 Å². The Morgan fingerprint density at radius 2 is 1.86 bits per heavy atom. The molecule has 0 unspecified atom stereocenters. The van der Waals surface area contributed by atoms with E-state index in [2.05, 4.69) is 34.4 Å². The highest BCUT2D eigenvalue weighted by atomic mass is 16.2. The molecule has 0 N–H and O–H groups in total. The minimum Gasteiger partial charge on any atom is -0.340 e. The van der Waals surface area contributed by atoms with Crippen LogP contribution in [0.2, 0.25) is 0 Å². The number of carbonyl (C=O) groups is 1. The van der Waals surface area contributed by atoms with Gasteiger partial charge in [-0.25, -0.2) is 4.98 Å². The van der Waals surface area contributed by atoms with Crippen LogP contribution in [0.1, 0.15) is 40.2 Å². The third-order valence-electron chi connectivity index (χ3n) is 5.64. The van der Waals surface area contributed by atoms with Crippen LogP contribution in [-0.4, -0.2) is 51.8 Å². The minimum absolute atomic E-state index is 0.00762. The number of hydrogen-bond donors (Lipinski definition) is 0. The Bertz CT molecular complexity index is 957. The second-order valence-corrected chi connectivity index (χ2v) is 7.74. The van der Waals surface area contributed by atoms with Crippen LogP contribution in [0, 0.1) is 6.92 Å². The molecule has 1 fully saturated rings. The highest BCUT2D eigenvalue weighted by molar-refractivity contribution is 5.94. The van der Waals surface area contributed by atoms with Gasteiger partial charge in [0.2, 0.25) is 0 Å². The van der Waals surface area contributed by atoms with Crippen molar-refractivity contribution in [1.29, 1.82) is 0 Å². The van der Waals surface area contributed by atoms with Gasteiger partial charge >= 0.3 is 0 Å². The molecule has 3 aromatic rings. The Kier molecular flexibility index (Phi) is 5.44. The summed E-state index contributed by atoms with van der Waals surface area (Å²) in [6.45, 7) is 5.69. The standard InChI is InChI=1S/C23H28N4O/c1-18-9-8-15-27-20(17-26-13-6-7-14-26)21(24-22(18)27)23(28)25(2)16-12-19-10-4-3-5-11-19/h3-5,8-11,15H,6-7,12-14,16-17H2,1-2H3. The van der Waals surface area contributed by atoms with E-state index in [9.17, 15) is 4.79 Å². The number of hydrogen-bond acceptors (Lipinski definition) is 3. The molecule has 1 aliphatic rings. The molecular formula is C23H28N4O. The summed E-state index contributed by atoms with van der Waals surface area (Å²) < 4.78 is 2.10. The molecule has 3 heterocycles. The van der Waals surface area contributed by atoms with Gasteiger partial charge in [-0.1, -0.05) is 36.4 Å². The maximum Gasteiger partial charge on any atom is 0.274 e. The lowest BCUT2D eigenvalue weighted by molar-refractivity contribution is 0.0789. The van der Waals surface area contributed by atoms with Crippen molar-refractivity contribution in [3.63, 3.8) is 0 Å². The Hall–Kier alpha value is -2.66. The number of benzene rings is 1. The lowest BCUT2D eigenvalue weighted by atomic mass is 10.1. The Morgan fingerprint density at radius 3 is 2.61 bits per heavy atom. The summed E-state index contributed by atoms with van der Waals surface area (Å²) in [6.07, 6.45) is 5.34. The monoisotopic (exact) mass is 376 g/mol. The molecule has 5 nitrogen and oxygen atoms in total. The van der Waals surface area contributed by atoms with Crippen molar-refractivity contribution in [2.75, 3.05) is 26.7 Å². The molecule has 146 valence electrons. The molecule has 1 saturated heterocycles.